The third-order valence-electron chi connectivity index (χ3n) is 3.57. The van der Waals surface area contributed by atoms with Gasteiger partial charge in [0, 0.05) is 25.8 Å². The van der Waals surface area contributed by atoms with Gasteiger partial charge in [0.2, 0.25) is 10.0 Å². The molecular weight excluding hydrogens is 240 g/mol. The Morgan fingerprint density at radius 3 is 2.65 bits per heavy atom. The summed E-state index contributed by atoms with van der Waals surface area (Å²) in [5.74, 6) is 0. The SMILES string of the molecule is O=S(=O)(NCC[C@H]1CCCN1)C1CCOCC1. The van der Waals surface area contributed by atoms with Crippen molar-refractivity contribution >= 4 is 10.0 Å². The number of nitrogens with one attached hydrogen (secondary N) is 2. The molecule has 17 heavy (non-hydrogen) atoms. The largest absolute Gasteiger partial charge is 0.381 e. The maximum atomic E-state index is 12.0. The summed E-state index contributed by atoms with van der Waals surface area (Å²) in [5.41, 5.74) is 0. The average molecular weight is 262 g/mol. The topological polar surface area (TPSA) is 67.4 Å². The Bertz CT molecular complexity index is 320. The molecule has 2 aliphatic heterocycles. The zero-order chi connectivity index (χ0) is 12.1. The van der Waals surface area contributed by atoms with E-state index in [0.29, 0.717) is 38.6 Å². The van der Waals surface area contributed by atoms with E-state index in [-0.39, 0.29) is 5.25 Å². The van der Waals surface area contributed by atoms with Crippen LogP contribution in [0, 0.1) is 0 Å². The van der Waals surface area contributed by atoms with Crippen molar-refractivity contribution in [3.8, 4) is 0 Å². The van der Waals surface area contributed by atoms with Crippen LogP contribution in [0.15, 0.2) is 0 Å². The Morgan fingerprint density at radius 2 is 2.00 bits per heavy atom. The van der Waals surface area contributed by atoms with Crippen molar-refractivity contribution in [2.45, 2.75) is 43.4 Å². The van der Waals surface area contributed by atoms with Crippen molar-refractivity contribution in [1.29, 1.82) is 0 Å². The van der Waals surface area contributed by atoms with Gasteiger partial charge in [0.05, 0.1) is 5.25 Å². The number of rotatable bonds is 5. The standard InChI is InChI=1S/C11H22N2O3S/c14-17(15,11-4-8-16-9-5-11)13-7-3-10-2-1-6-12-10/h10-13H,1-9H2/t10-/m1/s1. The fourth-order valence-corrected chi connectivity index (χ4v) is 3.93. The maximum absolute atomic E-state index is 12.0. The van der Waals surface area contributed by atoms with Crippen molar-refractivity contribution in [3.63, 3.8) is 0 Å². The molecule has 2 fully saturated rings. The summed E-state index contributed by atoms with van der Waals surface area (Å²) >= 11 is 0. The first-order valence-corrected chi connectivity index (χ1v) is 8.03. The Balaban J connectivity index is 1.72. The van der Waals surface area contributed by atoms with Crippen molar-refractivity contribution in [1.82, 2.24) is 10.0 Å². The van der Waals surface area contributed by atoms with Crippen LogP contribution in [0.25, 0.3) is 0 Å². The highest BCUT2D eigenvalue weighted by atomic mass is 32.2. The number of hydrogen-bond donors (Lipinski definition) is 2. The van der Waals surface area contributed by atoms with Gasteiger partial charge in [-0.15, -0.1) is 0 Å². The molecule has 2 heterocycles. The van der Waals surface area contributed by atoms with Crippen LogP contribution >= 0.6 is 0 Å². The highest BCUT2D eigenvalue weighted by Crippen LogP contribution is 2.15. The van der Waals surface area contributed by atoms with Gasteiger partial charge in [0.25, 0.3) is 0 Å². The fourth-order valence-electron chi connectivity index (χ4n) is 2.48. The molecular formula is C11H22N2O3S. The van der Waals surface area contributed by atoms with E-state index in [1.165, 1.54) is 12.8 Å². The van der Waals surface area contributed by atoms with E-state index < -0.39 is 10.0 Å². The van der Waals surface area contributed by atoms with E-state index in [1.807, 2.05) is 0 Å². The van der Waals surface area contributed by atoms with Crippen LogP contribution in [0.2, 0.25) is 0 Å². The molecule has 5 nitrogen and oxygen atoms in total. The second kappa shape index (κ2) is 6.13. The van der Waals surface area contributed by atoms with E-state index in [1.54, 1.807) is 0 Å². The molecule has 0 spiro atoms. The first-order chi connectivity index (χ1) is 8.18. The van der Waals surface area contributed by atoms with Gasteiger partial charge < -0.3 is 10.1 Å². The van der Waals surface area contributed by atoms with Crippen LogP contribution in [0.4, 0.5) is 0 Å². The number of ether oxygens (including phenoxy) is 1. The number of hydrogen-bond acceptors (Lipinski definition) is 4. The van der Waals surface area contributed by atoms with Crippen LogP contribution in [0.3, 0.4) is 0 Å². The lowest BCUT2D eigenvalue weighted by Crippen LogP contribution is -2.39. The molecule has 0 aromatic heterocycles. The molecule has 1 atom stereocenters. The summed E-state index contributed by atoms with van der Waals surface area (Å²) in [6.45, 7) is 2.75. The van der Waals surface area contributed by atoms with E-state index in [4.69, 9.17) is 4.74 Å². The van der Waals surface area contributed by atoms with E-state index in [2.05, 4.69) is 10.0 Å². The lowest BCUT2D eigenvalue weighted by atomic mass is 10.2. The summed E-state index contributed by atoms with van der Waals surface area (Å²) in [5, 5.41) is 3.11. The predicted molar refractivity (Wildman–Crippen MR) is 66.4 cm³/mol. The van der Waals surface area contributed by atoms with Gasteiger partial charge in [-0.25, -0.2) is 13.1 Å². The second-order valence-corrected chi connectivity index (χ2v) is 6.88. The minimum atomic E-state index is -3.13. The van der Waals surface area contributed by atoms with Crippen molar-refractivity contribution < 1.29 is 13.2 Å². The molecule has 2 aliphatic rings. The molecule has 0 aromatic rings. The van der Waals surface area contributed by atoms with Gasteiger partial charge >= 0.3 is 0 Å². The fraction of sp³-hybridized carbons (Fsp3) is 1.00. The summed E-state index contributed by atoms with van der Waals surface area (Å²) < 4.78 is 31.9. The normalized spacial score (nSPS) is 27.4. The minimum absolute atomic E-state index is 0.257. The molecule has 100 valence electrons. The van der Waals surface area contributed by atoms with Gasteiger partial charge in [-0.05, 0) is 38.6 Å². The average Bonchev–Trinajstić information content (AvgIpc) is 2.83. The van der Waals surface area contributed by atoms with E-state index in [0.717, 1.165) is 13.0 Å². The van der Waals surface area contributed by atoms with Crippen LogP contribution < -0.4 is 10.0 Å². The van der Waals surface area contributed by atoms with Gasteiger partial charge in [-0.3, -0.25) is 0 Å². The highest BCUT2D eigenvalue weighted by Gasteiger charge is 2.27. The zero-order valence-electron chi connectivity index (χ0n) is 10.2. The molecule has 2 rings (SSSR count). The van der Waals surface area contributed by atoms with E-state index in [9.17, 15) is 8.42 Å². The summed E-state index contributed by atoms with van der Waals surface area (Å²) in [4.78, 5) is 0. The van der Waals surface area contributed by atoms with E-state index >= 15 is 0 Å². The lowest BCUT2D eigenvalue weighted by Gasteiger charge is -2.22. The predicted octanol–water partition coefficient (Wildman–Crippen LogP) is 0.227. The Hall–Kier alpha value is -0.170. The Morgan fingerprint density at radius 1 is 1.24 bits per heavy atom. The second-order valence-electron chi connectivity index (χ2n) is 4.83. The molecule has 0 amide bonds. The van der Waals surface area contributed by atoms with Crippen molar-refractivity contribution in [2.24, 2.45) is 0 Å². The molecule has 2 N–H and O–H groups in total. The highest BCUT2D eigenvalue weighted by molar-refractivity contribution is 7.90. The summed E-state index contributed by atoms with van der Waals surface area (Å²) in [7, 11) is -3.13. The Kier molecular flexibility index (Phi) is 4.78. The lowest BCUT2D eigenvalue weighted by molar-refractivity contribution is 0.0981. The monoisotopic (exact) mass is 262 g/mol. The summed E-state index contributed by atoms with van der Waals surface area (Å²) in [6.07, 6.45) is 4.51. The maximum Gasteiger partial charge on any atom is 0.214 e. The Labute approximate surface area is 103 Å². The summed E-state index contributed by atoms with van der Waals surface area (Å²) in [6, 6.07) is 0.493. The van der Waals surface area contributed by atoms with Crippen LogP contribution in [-0.4, -0.2) is 46.0 Å². The van der Waals surface area contributed by atoms with Crippen LogP contribution in [0.1, 0.15) is 32.1 Å². The van der Waals surface area contributed by atoms with Crippen LogP contribution in [-0.2, 0) is 14.8 Å². The van der Waals surface area contributed by atoms with Gasteiger partial charge in [-0.1, -0.05) is 0 Å². The van der Waals surface area contributed by atoms with Crippen molar-refractivity contribution in [3.05, 3.63) is 0 Å². The molecule has 6 heteroatoms. The first kappa shape index (κ1) is 13.3. The minimum Gasteiger partial charge on any atom is -0.381 e. The molecule has 0 aliphatic carbocycles. The number of sulfonamides is 1. The molecule has 0 radical (unpaired) electrons. The molecule has 0 aromatic carbocycles. The van der Waals surface area contributed by atoms with Gasteiger partial charge in [0.1, 0.15) is 0 Å². The molecule has 0 saturated carbocycles. The molecule has 0 bridgehead atoms. The van der Waals surface area contributed by atoms with Crippen LogP contribution in [0.5, 0.6) is 0 Å². The third-order valence-corrected chi connectivity index (χ3v) is 5.52. The molecule has 2 saturated heterocycles. The smallest absolute Gasteiger partial charge is 0.214 e. The van der Waals surface area contributed by atoms with Crippen molar-refractivity contribution in [2.75, 3.05) is 26.3 Å². The van der Waals surface area contributed by atoms with Gasteiger partial charge in [0.15, 0.2) is 0 Å². The quantitative estimate of drug-likeness (QED) is 0.744. The first-order valence-electron chi connectivity index (χ1n) is 6.48. The zero-order valence-corrected chi connectivity index (χ0v) is 11.0. The third kappa shape index (κ3) is 3.91. The van der Waals surface area contributed by atoms with Gasteiger partial charge in [-0.2, -0.15) is 0 Å². The molecule has 0 unspecified atom stereocenters.